The van der Waals surface area contributed by atoms with Crippen molar-refractivity contribution in [1.82, 2.24) is 15.0 Å². The maximum absolute atomic E-state index is 5.94. The summed E-state index contributed by atoms with van der Waals surface area (Å²) in [6.07, 6.45) is 0. The molecule has 20 heavy (non-hydrogen) atoms. The van der Waals surface area contributed by atoms with E-state index in [1.54, 1.807) is 18.2 Å². The van der Waals surface area contributed by atoms with Crippen molar-refractivity contribution in [2.75, 3.05) is 24.3 Å². The Kier molecular flexibility index (Phi) is 4.81. The predicted octanol–water partition coefficient (Wildman–Crippen LogP) is 3.36. The van der Waals surface area contributed by atoms with Gasteiger partial charge in [-0.3, -0.25) is 0 Å². The minimum atomic E-state index is 0.214. The highest BCUT2D eigenvalue weighted by molar-refractivity contribution is 6.35. The van der Waals surface area contributed by atoms with Gasteiger partial charge in [0.25, 0.3) is 0 Å². The van der Waals surface area contributed by atoms with Gasteiger partial charge in [0.15, 0.2) is 0 Å². The molecule has 1 aromatic heterocycles. The summed E-state index contributed by atoms with van der Waals surface area (Å²) in [5.41, 5.74) is 0.679. The summed E-state index contributed by atoms with van der Waals surface area (Å²) in [4.78, 5) is 12.4. The zero-order valence-corrected chi connectivity index (χ0v) is 12.5. The zero-order chi connectivity index (χ0) is 14.5. The zero-order valence-electron chi connectivity index (χ0n) is 10.9. The molecular weight excluding hydrogens is 301 g/mol. The molecule has 106 valence electrons. The summed E-state index contributed by atoms with van der Waals surface area (Å²) in [7, 11) is 1.49. The quantitative estimate of drug-likeness (QED) is 0.882. The van der Waals surface area contributed by atoms with E-state index in [1.807, 2.05) is 6.92 Å². The number of halogens is 2. The molecule has 2 rings (SSSR count). The van der Waals surface area contributed by atoms with Gasteiger partial charge in [-0.15, -0.1) is 0 Å². The van der Waals surface area contributed by atoms with Crippen LogP contribution in [0.25, 0.3) is 0 Å². The summed E-state index contributed by atoms with van der Waals surface area (Å²) in [5.74, 6) is 0.765. The number of hydrogen-bond acceptors (Lipinski definition) is 6. The van der Waals surface area contributed by atoms with Crippen LogP contribution in [0.5, 0.6) is 6.01 Å². The Labute approximate surface area is 126 Å². The predicted molar refractivity (Wildman–Crippen MR) is 80.3 cm³/mol. The van der Waals surface area contributed by atoms with Crippen LogP contribution >= 0.6 is 23.2 Å². The normalized spacial score (nSPS) is 10.2. The highest BCUT2D eigenvalue weighted by Crippen LogP contribution is 2.24. The minimum Gasteiger partial charge on any atom is -0.467 e. The van der Waals surface area contributed by atoms with E-state index in [9.17, 15) is 0 Å². The van der Waals surface area contributed by atoms with Crippen molar-refractivity contribution < 1.29 is 4.74 Å². The van der Waals surface area contributed by atoms with Gasteiger partial charge in [-0.1, -0.05) is 23.2 Å². The van der Waals surface area contributed by atoms with Crippen LogP contribution in [0.15, 0.2) is 18.2 Å². The van der Waals surface area contributed by atoms with Gasteiger partial charge in [0, 0.05) is 22.3 Å². The average molecular weight is 314 g/mol. The van der Waals surface area contributed by atoms with Crippen LogP contribution in [-0.4, -0.2) is 28.6 Å². The molecule has 0 aliphatic heterocycles. The molecule has 0 aliphatic carbocycles. The third-order valence-electron chi connectivity index (χ3n) is 2.25. The number of benzene rings is 1. The maximum atomic E-state index is 5.94. The van der Waals surface area contributed by atoms with Crippen LogP contribution in [0.3, 0.4) is 0 Å². The van der Waals surface area contributed by atoms with Crippen LogP contribution < -0.4 is 15.4 Å². The van der Waals surface area contributed by atoms with E-state index in [0.717, 1.165) is 0 Å². The number of anilines is 3. The highest BCUT2D eigenvalue weighted by Gasteiger charge is 2.07. The number of nitrogens with zero attached hydrogens (tertiary/aromatic N) is 3. The second-order valence-corrected chi connectivity index (χ2v) is 4.66. The molecule has 0 saturated heterocycles. The molecule has 0 spiro atoms. The second kappa shape index (κ2) is 6.58. The van der Waals surface area contributed by atoms with Gasteiger partial charge in [-0.05, 0) is 25.1 Å². The van der Waals surface area contributed by atoms with Crippen LogP contribution in [0, 0.1) is 0 Å². The largest absolute Gasteiger partial charge is 0.467 e. The Balaban J connectivity index is 2.29. The summed E-state index contributed by atoms with van der Waals surface area (Å²) in [6, 6.07) is 5.30. The van der Waals surface area contributed by atoms with Crippen molar-refractivity contribution >= 4 is 40.8 Å². The fraction of sp³-hybridized carbons (Fsp3) is 0.250. The van der Waals surface area contributed by atoms with Crippen LogP contribution in [0.1, 0.15) is 6.92 Å². The van der Waals surface area contributed by atoms with Gasteiger partial charge in [0.1, 0.15) is 0 Å². The van der Waals surface area contributed by atoms with E-state index in [2.05, 4.69) is 25.6 Å². The van der Waals surface area contributed by atoms with Crippen molar-refractivity contribution in [2.24, 2.45) is 0 Å². The molecule has 0 amide bonds. The van der Waals surface area contributed by atoms with Gasteiger partial charge in [0.2, 0.25) is 11.9 Å². The first kappa shape index (κ1) is 14.6. The van der Waals surface area contributed by atoms with Crippen LogP contribution in [-0.2, 0) is 0 Å². The Morgan fingerprint density at radius 3 is 2.30 bits per heavy atom. The first-order chi connectivity index (χ1) is 9.60. The van der Waals surface area contributed by atoms with Gasteiger partial charge >= 0.3 is 6.01 Å². The van der Waals surface area contributed by atoms with Crippen molar-refractivity contribution in [3.05, 3.63) is 28.2 Å². The fourth-order valence-electron chi connectivity index (χ4n) is 1.50. The van der Waals surface area contributed by atoms with E-state index in [4.69, 9.17) is 27.9 Å². The van der Waals surface area contributed by atoms with Crippen LogP contribution in [0.2, 0.25) is 10.0 Å². The van der Waals surface area contributed by atoms with Crippen molar-refractivity contribution in [2.45, 2.75) is 6.92 Å². The van der Waals surface area contributed by atoms with E-state index < -0.39 is 0 Å². The standard InChI is InChI=1S/C12H13Cl2N5O/c1-3-15-10-17-11(19-12(18-10)20-2)16-9-5-7(13)4-8(14)6-9/h4-6H,3H2,1-2H3,(H2,15,16,17,18,19). The highest BCUT2D eigenvalue weighted by atomic mass is 35.5. The molecule has 2 N–H and O–H groups in total. The molecule has 0 atom stereocenters. The monoisotopic (exact) mass is 313 g/mol. The Morgan fingerprint density at radius 1 is 1.05 bits per heavy atom. The van der Waals surface area contributed by atoms with Crippen molar-refractivity contribution in [3.8, 4) is 6.01 Å². The lowest BCUT2D eigenvalue weighted by Gasteiger charge is -2.09. The molecular formula is C12H13Cl2N5O. The van der Waals surface area contributed by atoms with E-state index >= 15 is 0 Å². The summed E-state index contributed by atoms with van der Waals surface area (Å²) in [5, 5.41) is 7.05. The summed E-state index contributed by atoms with van der Waals surface area (Å²) in [6.45, 7) is 2.63. The second-order valence-electron chi connectivity index (χ2n) is 3.78. The molecule has 0 radical (unpaired) electrons. The molecule has 2 aromatic rings. The molecule has 0 fully saturated rings. The Morgan fingerprint density at radius 2 is 1.70 bits per heavy atom. The summed E-state index contributed by atoms with van der Waals surface area (Å²) >= 11 is 11.9. The molecule has 1 aromatic carbocycles. The van der Waals surface area contributed by atoms with Gasteiger partial charge < -0.3 is 15.4 Å². The number of rotatable bonds is 5. The van der Waals surface area contributed by atoms with Gasteiger partial charge in [0.05, 0.1) is 7.11 Å². The number of hydrogen-bond donors (Lipinski definition) is 2. The van der Waals surface area contributed by atoms with Crippen molar-refractivity contribution in [1.29, 1.82) is 0 Å². The van der Waals surface area contributed by atoms with Gasteiger partial charge in [-0.2, -0.15) is 15.0 Å². The number of ether oxygens (including phenoxy) is 1. The van der Waals surface area contributed by atoms with Crippen LogP contribution in [0.4, 0.5) is 17.6 Å². The molecule has 0 aliphatic rings. The Bertz CT molecular complexity index is 588. The van der Waals surface area contributed by atoms with Crippen molar-refractivity contribution in [3.63, 3.8) is 0 Å². The molecule has 6 nitrogen and oxygen atoms in total. The van der Waals surface area contributed by atoms with E-state index in [-0.39, 0.29) is 6.01 Å². The molecule has 8 heteroatoms. The van der Waals surface area contributed by atoms with E-state index in [0.29, 0.717) is 34.2 Å². The Hall–Kier alpha value is -1.79. The average Bonchev–Trinajstić information content (AvgIpc) is 2.37. The molecule has 0 saturated carbocycles. The van der Waals surface area contributed by atoms with Gasteiger partial charge in [-0.25, -0.2) is 0 Å². The molecule has 1 heterocycles. The fourth-order valence-corrected chi connectivity index (χ4v) is 2.02. The smallest absolute Gasteiger partial charge is 0.322 e. The minimum absolute atomic E-state index is 0.214. The van der Waals surface area contributed by atoms with E-state index in [1.165, 1.54) is 7.11 Å². The first-order valence-electron chi connectivity index (χ1n) is 5.87. The first-order valence-corrected chi connectivity index (χ1v) is 6.63. The SMILES string of the molecule is CCNc1nc(Nc2cc(Cl)cc(Cl)c2)nc(OC)n1. The number of nitrogens with one attached hydrogen (secondary N) is 2. The third-order valence-corrected chi connectivity index (χ3v) is 2.69. The third kappa shape index (κ3) is 3.85. The molecule has 0 unspecified atom stereocenters. The number of aromatic nitrogens is 3. The lowest BCUT2D eigenvalue weighted by molar-refractivity contribution is 0.379. The summed E-state index contributed by atoms with van der Waals surface area (Å²) < 4.78 is 5.03. The lowest BCUT2D eigenvalue weighted by atomic mass is 10.3. The topological polar surface area (TPSA) is 72.0 Å². The molecule has 0 bridgehead atoms. The maximum Gasteiger partial charge on any atom is 0.322 e. The number of methoxy groups -OCH3 is 1. The lowest BCUT2D eigenvalue weighted by Crippen LogP contribution is -2.07.